The number of rotatable bonds is 21. The molecule has 0 fully saturated rings. The minimum Gasteiger partial charge on any atom is -0.494 e. The molecule has 2 aromatic heterocycles. The fraction of sp³-hybridized carbons (Fsp3) is 0.365. The van der Waals surface area contributed by atoms with Crippen molar-refractivity contribution in [1.82, 2.24) is 9.97 Å². The fourth-order valence-corrected chi connectivity index (χ4v) is 17.7. The van der Waals surface area contributed by atoms with Crippen LogP contribution in [0.15, 0.2) is 309 Å². The number of pyridine rings is 2. The molecule has 0 saturated carbocycles. The number of ether oxygens (including phenoxy) is 8. The average molecular weight is 1850 g/mol. The molecule has 0 saturated heterocycles. The van der Waals surface area contributed by atoms with Crippen molar-refractivity contribution in [2.24, 2.45) is 0 Å². The van der Waals surface area contributed by atoms with Crippen molar-refractivity contribution in [1.29, 1.82) is 0 Å². The molecule has 4 aliphatic rings. The SMILES string of the molecule is CC(C)(C)c1ccc(C(c2ccc(OCCCOC(=O)/C=C/c3ccc(C(=O)OCCCOc4ccc(C(c5ccc(C(C)(C)C)cc5)(c5ccc(C(C)(C)C)cc5)c5ccc(C(C)(C)C)cc5)cc4)cc3)cc2)(c2ccc(C(C)(C)C)cc2)c2ccc(C(C)(C)C)cc2)cc1.c1cc2nc(c1)-c1cccc(n1)COCc1ccc(cc1)OCCCCCCCCCCOc1ccc(cc1)COC2. The zero-order valence-electron chi connectivity index (χ0n) is 85.1. The number of esters is 2. The van der Waals surface area contributed by atoms with Crippen LogP contribution in [0.1, 0.15) is 305 Å². The molecular formula is C126H146N2O10. The van der Waals surface area contributed by atoms with E-state index in [2.05, 4.69) is 343 Å². The molecule has 6 heterocycles. The molecule has 13 aromatic rings. The average Bonchev–Trinajstić information content (AvgIpc) is 0.730. The Balaban J connectivity index is 0.000000317. The Morgan fingerprint density at radius 2 is 0.565 bits per heavy atom. The van der Waals surface area contributed by atoms with Crippen LogP contribution in [0, 0.1) is 0 Å². The van der Waals surface area contributed by atoms with Gasteiger partial charge in [-0.05, 0) is 231 Å². The van der Waals surface area contributed by atoms with Crippen LogP contribution in [0.2, 0.25) is 0 Å². The largest absolute Gasteiger partial charge is 0.494 e. The maximum atomic E-state index is 13.2. The summed E-state index contributed by atoms with van der Waals surface area (Å²) >= 11 is 0. The standard InChI is InChI=1S/C90H104O6.C36H42N2O4/c1-83(2,3)65-26-38-71(39-27-65)89(72-40-28-66(29-41-72)84(4,5)6,73-42-30-67(31-43-73)85(7,8)9)77-50-54-79(55-51-77)93-59-19-61-95-81(91)58-23-63-21-24-64(25-22-63)82(92)96-62-20-60-94-80-56-52-78(53-57-80)90(74-44-32-68(33-45-74)86(10,11)12,75-46-34-69(35-47-75)87(13,14)15)76-48-36-70(37-49-76)88(16,17)18;1-2-4-6-8-24-42-34-21-17-30(18-22-34)26-40-28-32-12-10-14-36(38-32)35-13-9-11-31(37-35)27-39-25-29-15-19-33(20-16-29)41-23-7-5-3-1/h21-58H,19-20,59-62H2,1-18H3;9-22H,1-8,23-28H2/b58-23+;. The van der Waals surface area contributed by atoms with Gasteiger partial charge in [-0.25, -0.2) is 19.6 Å². The van der Waals surface area contributed by atoms with E-state index in [4.69, 9.17) is 47.9 Å². The van der Waals surface area contributed by atoms with Gasteiger partial charge >= 0.3 is 11.9 Å². The molecule has 720 valence electrons. The number of carbonyl (C=O) groups is 2. The van der Waals surface area contributed by atoms with Crippen LogP contribution in [-0.4, -0.2) is 61.5 Å². The van der Waals surface area contributed by atoms with E-state index in [0.29, 0.717) is 58.0 Å². The number of aromatic nitrogens is 2. The summed E-state index contributed by atoms with van der Waals surface area (Å²) in [4.78, 5) is 35.6. The zero-order valence-corrected chi connectivity index (χ0v) is 85.1. The van der Waals surface area contributed by atoms with Crippen molar-refractivity contribution in [3.63, 3.8) is 0 Å². The number of hydrogen-bond donors (Lipinski definition) is 0. The van der Waals surface area contributed by atoms with Gasteiger partial charge in [0.2, 0.25) is 0 Å². The Morgan fingerprint density at radius 1 is 0.290 bits per heavy atom. The molecule has 12 heteroatoms. The van der Waals surface area contributed by atoms with Crippen molar-refractivity contribution in [3.8, 4) is 34.4 Å². The molecule has 0 radical (unpaired) electrons. The van der Waals surface area contributed by atoms with Crippen LogP contribution in [-0.2, 0) is 93.5 Å². The Kier molecular flexibility index (Phi) is 34.9. The third kappa shape index (κ3) is 28.0. The maximum Gasteiger partial charge on any atom is 0.338 e. The topological polar surface area (TPSA) is 134 Å². The predicted molar refractivity (Wildman–Crippen MR) is 564 cm³/mol. The molecule has 138 heavy (non-hydrogen) atoms. The molecule has 0 aliphatic carbocycles. The highest BCUT2D eigenvalue weighted by Crippen LogP contribution is 2.50. The number of hydrogen-bond acceptors (Lipinski definition) is 12. The van der Waals surface area contributed by atoms with E-state index in [1.807, 2.05) is 60.7 Å². The zero-order chi connectivity index (χ0) is 98.1. The minimum atomic E-state index is -0.634. The molecule has 11 aromatic carbocycles. The highest BCUT2D eigenvalue weighted by Gasteiger charge is 2.42. The van der Waals surface area contributed by atoms with E-state index < -0.39 is 22.8 Å². The summed E-state index contributed by atoms with van der Waals surface area (Å²) in [6, 6.07) is 107. The fourth-order valence-electron chi connectivity index (χ4n) is 17.7. The van der Waals surface area contributed by atoms with Gasteiger partial charge in [0.1, 0.15) is 23.0 Å². The van der Waals surface area contributed by atoms with E-state index in [9.17, 15) is 9.59 Å². The molecule has 4 aliphatic heterocycles. The summed E-state index contributed by atoms with van der Waals surface area (Å²) in [6.45, 7) is 45.2. The second-order valence-electron chi connectivity index (χ2n) is 43.0. The molecule has 0 spiro atoms. The highest BCUT2D eigenvalue weighted by molar-refractivity contribution is 5.90. The van der Waals surface area contributed by atoms with Gasteiger partial charge in [-0.3, -0.25) is 0 Å². The van der Waals surface area contributed by atoms with Gasteiger partial charge in [0.25, 0.3) is 0 Å². The van der Waals surface area contributed by atoms with Gasteiger partial charge in [0.05, 0.1) is 105 Å². The molecular weight excluding hydrogens is 1700 g/mol. The van der Waals surface area contributed by atoms with Crippen molar-refractivity contribution < 1.29 is 47.5 Å². The van der Waals surface area contributed by atoms with Crippen molar-refractivity contribution in [3.05, 3.63) is 421 Å². The third-order valence-electron chi connectivity index (χ3n) is 26.2. The lowest BCUT2D eigenvalue weighted by Gasteiger charge is -2.38. The van der Waals surface area contributed by atoms with Gasteiger partial charge in [-0.15, -0.1) is 0 Å². The van der Waals surface area contributed by atoms with Crippen LogP contribution in [0.25, 0.3) is 17.5 Å². The second kappa shape index (κ2) is 46.8. The molecule has 0 atom stereocenters. The van der Waals surface area contributed by atoms with Crippen LogP contribution in [0.3, 0.4) is 0 Å². The smallest absolute Gasteiger partial charge is 0.338 e. The van der Waals surface area contributed by atoms with Crippen LogP contribution < -0.4 is 18.9 Å². The first-order valence-electron chi connectivity index (χ1n) is 49.8. The van der Waals surface area contributed by atoms with Crippen molar-refractivity contribution in [2.75, 3.05) is 39.6 Å². The van der Waals surface area contributed by atoms with Crippen LogP contribution in [0.5, 0.6) is 23.0 Å². The third-order valence-corrected chi connectivity index (χ3v) is 26.2. The minimum absolute atomic E-state index is 0.00563. The van der Waals surface area contributed by atoms with E-state index >= 15 is 0 Å². The highest BCUT2D eigenvalue weighted by atomic mass is 16.5. The maximum absolute atomic E-state index is 13.2. The first-order valence-corrected chi connectivity index (χ1v) is 49.8. The van der Waals surface area contributed by atoms with Crippen LogP contribution >= 0.6 is 0 Å². The Hall–Kier alpha value is -12.5. The van der Waals surface area contributed by atoms with E-state index in [0.717, 1.165) is 99.6 Å². The Labute approximate surface area is 823 Å². The van der Waals surface area contributed by atoms with E-state index in [-0.39, 0.29) is 45.7 Å². The van der Waals surface area contributed by atoms with Crippen LogP contribution in [0.4, 0.5) is 0 Å². The van der Waals surface area contributed by atoms with Gasteiger partial charge in [0, 0.05) is 18.9 Å². The van der Waals surface area contributed by atoms with Gasteiger partial charge in [-0.1, -0.05) is 382 Å². The molecule has 0 N–H and O–H groups in total. The normalized spacial score (nSPS) is 13.9. The van der Waals surface area contributed by atoms with Crippen molar-refractivity contribution in [2.45, 2.75) is 259 Å². The summed E-state index contributed by atoms with van der Waals surface area (Å²) in [7, 11) is 0. The van der Waals surface area contributed by atoms with E-state index in [1.165, 1.54) is 111 Å². The van der Waals surface area contributed by atoms with Gasteiger partial charge in [0.15, 0.2) is 0 Å². The predicted octanol–water partition coefficient (Wildman–Crippen LogP) is 30.4. The first-order chi connectivity index (χ1) is 66.0. The summed E-state index contributed by atoms with van der Waals surface area (Å²) in [5.41, 5.74) is 22.6. The van der Waals surface area contributed by atoms with E-state index in [1.54, 1.807) is 30.3 Å². The summed E-state index contributed by atoms with van der Waals surface area (Å²) in [5, 5.41) is 0. The molecule has 17 rings (SSSR count). The second-order valence-corrected chi connectivity index (χ2v) is 43.0. The lowest BCUT2D eigenvalue weighted by atomic mass is 9.64. The summed E-state index contributed by atoms with van der Waals surface area (Å²) in [5.74, 6) is 2.42. The Bertz CT molecular complexity index is 5640. The number of benzene rings is 11. The molecule has 12 nitrogen and oxygen atoms in total. The number of carbonyl (C=O) groups excluding carboxylic acids is 2. The van der Waals surface area contributed by atoms with Crippen molar-refractivity contribution >= 4 is 18.0 Å². The summed E-state index contributed by atoms with van der Waals surface area (Å²) < 4.78 is 47.6. The number of nitrogens with zero attached hydrogens (tertiary/aromatic N) is 2. The molecule has 0 unspecified atom stereocenters. The lowest BCUT2D eigenvalue weighted by molar-refractivity contribution is -0.137. The summed E-state index contributed by atoms with van der Waals surface area (Å²) in [6.07, 6.45) is 13.8. The lowest BCUT2D eigenvalue weighted by Crippen LogP contribution is -2.31. The molecule has 0 amide bonds. The quantitative estimate of drug-likeness (QED) is 0.0293. The Morgan fingerprint density at radius 3 is 0.862 bits per heavy atom. The van der Waals surface area contributed by atoms with Gasteiger partial charge in [-0.2, -0.15) is 0 Å². The van der Waals surface area contributed by atoms with Gasteiger partial charge < -0.3 is 37.9 Å². The first kappa shape index (κ1) is 103. The monoisotopic (exact) mass is 1850 g/mol. The molecule has 8 bridgehead atoms.